The van der Waals surface area contributed by atoms with Crippen molar-refractivity contribution in [3.05, 3.63) is 117 Å². The summed E-state index contributed by atoms with van der Waals surface area (Å²) in [6, 6.07) is 12.5. The van der Waals surface area contributed by atoms with Gasteiger partial charge in [-0.25, -0.2) is 27.4 Å². The number of ether oxygens (including phenoxy) is 4. The Labute approximate surface area is 337 Å². The van der Waals surface area contributed by atoms with E-state index in [4.69, 9.17) is 37.4 Å². The summed E-state index contributed by atoms with van der Waals surface area (Å²) in [4.78, 5) is 32.0. The van der Waals surface area contributed by atoms with Crippen molar-refractivity contribution in [2.45, 2.75) is 61.9 Å². The normalized spacial score (nSPS) is 20.1. The maximum absolute atomic E-state index is 14.3. The lowest BCUT2D eigenvalue weighted by atomic mass is 9.86. The largest absolute Gasteiger partial charge is 0.489 e. The van der Waals surface area contributed by atoms with Gasteiger partial charge in [0.05, 0.1) is 17.1 Å². The van der Waals surface area contributed by atoms with Crippen molar-refractivity contribution in [3.63, 3.8) is 0 Å². The molecule has 302 valence electrons. The van der Waals surface area contributed by atoms with Crippen molar-refractivity contribution >= 4 is 45.2 Å². The number of alkyl halides is 2. The van der Waals surface area contributed by atoms with Crippen LogP contribution in [0.1, 0.15) is 64.9 Å². The first-order valence-corrected chi connectivity index (χ1v) is 20.6. The predicted octanol–water partition coefficient (Wildman–Crippen LogP) is 7.13. The number of hydrogen-bond acceptors (Lipinski definition) is 9. The van der Waals surface area contributed by atoms with Gasteiger partial charge in [-0.3, -0.25) is 4.90 Å². The second kappa shape index (κ2) is 17.6. The first-order chi connectivity index (χ1) is 27.3. The molecule has 4 fully saturated rings. The molecule has 57 heavy (non-hydrogen) atoms. The lowest BCUT2D eigenvalue weighted by Crippen LogP contribution is -2.52. The van der Waals surface area contributed by atoms with Crippen molar-refractivity contribution in [1.82, 2.24) is 9.62 Å². The van der Waals surface area contributed by atoms with Crippen LogP contribution in [0, 0.1) is 17.7 Å². The summed E-state index contributed by atoms with van der Waals surface area (Å²) in [6.07, 6.45) is 5.05. The molecular formula is C40H39Cl2F3N3O8S+. The molecule has 1 unspecified atom stereocenters. The highest BCUT2D eigenvalue weighted by molar-refractivity contribution is 7.89. The van der Waals surface area contributed by atoms with E-state index in [1.54, 1.807) is 0 Å². The number of benzene rings is 3. The number of nitrogens with zero attached hydrogens (tertiary/aromatic N) is 1. The molecular weight excluding hydrogens is 810 g/mol. The fourth-order valence-electron chi connectivity index (χ4n) is 7.00. The smallest absolute Gasteiger partial charge is 0.387 e. The van der Waals surface area contributed by atoms with Crippen LogP contribution in [-0.2, 0) is 30.7 Å². The summed E-state index contributed by atoms with van der Waals surface area (Å²) < 4.78 is 93.0. The van der Waals surface area contributed by atoms with Crippen LogP contribution < -0.4 is 19.2 Å². The third-order valence-corrected chi connectivity index (χ3v) is 12.4. The molecule has 4 aliphatic rings. The van der Waals surface area contributed by atoms with Gasteiger partial charge in [-0.15, -0.1) is 0 Å². The molecule has 3 atom stereocenters. The van der Waals surface area contributed by atoms with Crippen LogP contribution >= 0.6 is 23.2 Å². The molecule has 1 saturated carbocycles. The number of sulfonamides is 1. The zero-order chi connectivity index (χ0) is 40.3. The zero-order valence-electron chi connectivity index (χ0n) is 30.3. The Morgan fingerprint density at radius 1 is 0.912 bits per heavy atom. The summed E-state index contributed by atoms with van der Waals surface area (Å²) in [5, 5.41) is 0.496. The molecule has 8 rings (SSSR count). The number of nitrogens with one attached hydrogen (secondary N) is 2. The Morgan fingerprint density at radius 3 is 2.26 bits per heavy atom. The maximum atomic E-state index is 14.3. The first kappa shape index (κ1) is 40.8. The molecule has 4 aromatic rings. The quantitative estimate of drug-likeness (QED) is 0.117. The number of fused-ring (bicyclic) bond motifs is 3. The Bertz CT molecular complexity index is 2190. The van der Waals surface area contributed by atoms with Gasteiger partial charge in [-0.05, 0) is 110 Å². The topological polar surface area (TPSA) is 135 Å². The molecule has 0 amide bonds. The standard InChI is InChI=1S/C40H38Cl2F3N3O8S/c41-31-19-46-20-32(42)30(31)18-34(26-8-11-33(56-40(44)45)35(17-26)53-22-23-4-5-23)54-38(49)25-6-9-29(10-7-25)57(51,52)47-37(27-2-1-3-28(43)16-27)39(50)55-36-21-48-14-12-24(36)13-15-48/h1-3,6-11,16-17,19-20,23-24,34,36-37,40,47H,4-5,12-15,18,21-22H2/p+1/t34-,36-,37?/m0/s1. The summed E-state index contributed by atoms with van der Waals surface area (Å²) in [7, 11) is -4.45. The van der Waals surface area contributed by atoms with Gasteiger partial charge in [0.25, 0.3) is 0 Å². The van der Waals surface area contributed by atoms with E-state index >= 15 is 0 Å². The molecule has 0 radical (unpaired) electrons. The van der Waals surface area contributed by atoms with E-state index in [1.807, 2.05) is 0 Å². The third-order valence-electron chi connectivity index (χ3n) is 10.3. The third kappa shape index (κ3) is 10.2. The predicted molar refractivity (Wildman–Crippen MR) is 201 cm³/mol. The van der Waals surface area contributed by atoms with Crippen LogP contribution in [0.25, 0.3) is 0 Å². The number of hydrogen-bond donors (Lipinski definition) is 1. The van der Waals surface area contributed by atoms with Gasteiger partial charge in [-0.1, -0.05) is 41.4 Å². The summed E-state index contributed by atoms with van der Waals surface area (Å²) in [5.41, 5.74) is 0.801. The average Bonchev–Trinajstić information content (AvgIpc) is 4.03. The summed E-state index contributed by atoms with van der Waals surface area (Å²) >= 11 is 12.9. The minimum absolute atomic E-state index is 0.0329. The lowest BCUT2D eigenvalue weighted by Gasteiger charge is -2.44. The number of carbonyl (C=O) groups excluding carboxylic acids is 2. The van der Waals surface area contributed by atoms with E-state index in [1.165, 1.54) is 60.9 Å². The number of esters is 2. The molecule has 3 aromatic carbocycles. The molecule has 11 nitrogen and oxygen atoms in total. The maximum Gasteiger partial charge on any atom is 0.387 e. The number of aromatic nitrogens is 1. The van der Waals surface area contributed by atoms with Crippen LogP contribution in [-0.4, -0.2) is 64.2 Å². The summed E-state index contributed by atoms with van der Waals surface area (Å²) in [5.74, 6) is -2.11. The molecule has 2 N–H and O–H groups in total. The van der Waals surface area contributed by atoms with Crippen LogP contribution in [0.4, 0.5) is 13.2 Å². The molecule has 1 aliphatic carbocycles. The number of aromatic amines is 1. The van der Waals surface area contributed by atoms with Crippen molar-refractivity contribution in [2.24, 2.45) is 11.8 Å². The SMILES string of the molecule is O=C(O[C@@H](Cc1c(Cl)c[nH+]cc1Cl)c1ccc(OC(F)F)c(OCC2CC2)c1)c1ccc(S(=O)(=O)NC(C(=O)O[C@H]2CN3CCC2CC3)c2cccc(F)c2)cc1. The van der Waals surface area contributed by atoms with Crippen LogP contribution in [0.3, 0.4) is 0 Å². The Balaban J connectivity index is 1.11. The van der Waals surface area contributed by atoms with Gasteiger partial charge in [0, 0.05) is 18.5 Å². The van der Waals surface area contributed by atoms with E-state index in [-0.39, 0.29) is 62.4 Å². The number of rotatable bonds is 16. The first-order valence-electron chi connectivity index (χ1n) is 18.4. The Hall–Kier alpha value is -4.41. The van der Waals surface area contributed by atoms with Gasteiger partial charge in [0.1, 0.15) is 34.1 Å². The monoisotopic (exact) mass is 848 g/mol. The minimum atomic E-state index is -4.45. The molecule has 3 saturated heterocycles. The highest BCUT2D eigenvalue weighted by Gasteiger charge is 2.39. The van der Waals surface area contributed by atoms with Gasteiger partial charge in [0.2, 0.25) is 10.0 Å². The van der Waals surface area contributed by atoms with Gasteiger partial charge < -0.3 is 18.9 Å². The number of pyridine rings is 1. The highest BCUT2D eigenvalue weighted by atomic mass is 35.5. The molecule has 2 bridgehead atoms. The van der Waals surface area contributed by atoms with Crippen LogP contribution in [0.5, 0.6) is 11.5 Å². The molecule has 17 heteroatoms. The highest BCUT2D eigenvalue weighted by Crippen LogP contribution is 2.38. The molecule has 1 aromatic heterocycles. The van der Waals surface area contributed by atoms with Crippen LogP contribution in [0.15, 0.2) is 84.0 Å². The Kier molecular flexibility index (Phi) is 12.6. The van der Waals surface area contributed by atoms with Crippen molar-refractivity contribution < 1.29 is 55.1 Å². The number of carbonyl (C=O) groups is 2. The van der Waals surface area contributed by atoms with Crippen LogP contribution in [0.2, 0.25) is 10.0 Å². The van der Waals surface area contributed by atoms with E-state index in [9.17, 15) is 31.2 Å². The second-order valence-corrected chi connectivity index (χ2v) is 16.8. The van der Waals surface area contributed by atoms with E-state index < -0.39 is 52.6 Å². The second-order valence-electron chi connectivity index (χ2n) is 14.3. The fraction of sp³-hybridized carbons (Fsp3) is 0.375. The average molecular weight is 850 g/mol. The van der Waals surface area contributed by atoms with Crippen molar-refractivity contribution in [3.8, 4) is 11.5 Å². The van der Waals surface area contributed by atoms with E-state index in [2.05, 4.69) is 19.3 Å². The molecule has 3 aliphatic heterocycles. The fourth-order valence-corrected chi connectivity index (χ4v) is 8.70. The molecule has 4 heterocycles. The van der Waals surface area contributed by atoms with E-state index in [0.29, 0.717) is 17.7 Å². The van der Waals surface area contributed by atoms with Gasteiger partial charge >= 0.3 is 18.6 Å². The summed E-state index contributed by atoms with van der Waals surface area (Å²) in [6.45, 7) is -0.480. The zero-order valence-corrected chi connectivity index (χ0v) is 32.7. The van der Waals surface area contributed by atoms with Crippen molar-refractivity contribution in [2.75, 3.05) is 26.2 Å². The van der Waals surface area contributed by atoms with Gasteiger partial charge in [-0.2, -0.15) is 13.5 Å². The van der Waals surface area contributed by atoms with Gasteiger partial charge in [0.15, 0.2) is 23.9 Å². The van der Waals surface area contributed by atoms with Crippen molar-refractivity contribution in [1.29, 1.82) is 0 Å². The lowest BCUT2D eigenvalue weighted by molar-refractivity contribution is -0.377. The minimum Gasteiger partial charge on any atom is -0.489 e. The van der Waals surface area contributed by atoms with E-state index in [0.717, 1.165) is 57.0 Å². The number of halogens is 5. The number of piperidine rings is 3. The number of H-pyrrole nitrogens is 1. The Morgan fingerprint density at radius 2 is 1.63 bits per heavy atom. The molecule has 0 spiro atoms.